The van der Waals surface area contributed by atoms with Crippen LogP contribution in [0.2, 0.25) is 0 Å². The number of carbonyl (C=O) groups is 1. The molecule has 178 valence electrons. The van der Waals surface area contributed by atoms with Crippen LogP contribution < -0.4 is 15.0 Å². The molecule has 0 aliphatic carbocycles. The van der Waals surface area contributed by atoms with Crippen molar-refractivity contribution >= 4 is 11.7 Å². The molecule has 0 bridgehead atoms. The number of phenols is 1. The first-order valence-electron chi connectivity index (χ1n) is 11.3. The normalized spacial score (nSPS) is 23.6. The van der Waals surface area contributed by atoms with Crippen LogP contribution in [0.1, 0.15) is 30.6 Å². The van der Waals surface area contributed by atoms with Gasteiger partial charge in [0, 0.05) is 31.7 Å². The number of ether oxygens (including phenoxy) is 1. The number of fused-ring (bicyclic) bond motifs is 2. The highest BCUT2D eigenvalue weighted by molar-refractivity contribution is 6.03. The minimum Gasteiger partial charge on any atom is -0.507 e. The van der Waals surface area contributed by atoms with E-state index in [1.807, 2.05) is 13.8 Å². The molecule has 1 aromatic carbocycles. The molecule has 2 saturated heterocycles. The number of phenolic OH excluding ortho intramolecular Hbond substituents is 1. The summed E-state index contributed by atoms with van der Waals surface area (Å²) in [5.74, 6) is -3.25. The van der Waals surface area contributed by atoms with E-state index in [4.69, 9.17) is 4.74 Å². The van der Waals surface area contributed by atoms with Gasteiger partial charge in [-0.25, -0.2) is 13.8 Å². The Labute approximate surface area is 195 Å². The maximum Gasteiger partial charge on any atom is 0.261 e. The van der Waals surface area contributed by atoms with Crippen LogP contribution in [0, 0.1) is 28.9 Å². The molecule has 8 nitrogen and oxygen atoms in total. The van der Waals surface area contributed by atoms with E-state index in [1.165, 1.54) is 12.1 Å². The SMILES string of the molecule is CC1(C)CC(C#N)CN1c1nc(-c2c(O)cccc2F)c(F)c2c1C(=O)N1CCNCC1CO2. The van der Waals surface area contributed by atoms with E-state index in [0.717, 1.165) is 6.07 Å². The molecule has 2 unspecified atom stereocenters. The van der Waals surface area contributed by atoms with E-state index in [1.54, 1.807) is 9.80 Å². The van der Waals surface area contributed by atoms with Crippen molar-refractivity contribution in [2.75, 3.05) is 37.7 Å². The zero-order valence-corrected chi connectivity index (χ0v) is 18.9. The highest BCUT2D eigenvalue weighted by Gasteiger charge is 2.45. The molecule has 34 heavy (non-hydrogen) atoms. The number of nitrogens with zero attached hydrogens (tertiary/aromatic N) is 4. The van der Waals surface area contributed by atoms with Gasteiger partial charge in [0.15, 0.2) is 11.6 Å². The van der Waals surface area contributed by atoms with Crippen LogP contribution in [0.5, 0.6) is 11.5 Å². The molecule has 0 spiro atoms. The summed E-state index contributed by atoms with van der Waals surface area (Å²) in [7, 11) is 0. The minimum atomic E-state index is -1.01. The van der Waals surface area contributed by atoms with Crippen LogP contribution in [-0.4, -0.2) is 65.3 Å². The maximum absolute atomic E-state index is 15.9. The number of anilines is 1. The predicted molar refractivity (Wildman–Crippen MR) is 120 cm³/mol. The number of halogens is 2. The van der Waals surface area contributed by atoms with Gasteiger partial charge in [-0.05, 0) is 32.4 Å². The Kier molecular flexibility index (Phi) is 5.32. The number of piperazine rings is 1. The fraction of sp³-hybridized carbons (Fsp3) is 0.458. The molecule has 1 aromatic heterocycles. The summed E-state index contributed by atoms with van der Waals surface area (Å²) in [5.41, 5.74) is -1.46. The molecule has 10 heteroatoms. The van der Waals surface area contributed by atoms with Crippen molar-refractivity contribution in [3.8, 4) is 28.8 Å². The van der Waals surface area contributed by atoms with Crippen molar-refractivity contribution in [3.05, 3.63) is 35.4 Å². The number of nitrogens with one attached hydrogen (secondary N) is 1. The number of hydrogen-bond acceptors (Lipinski definition) is 7. The number of pyridine rings is 1. The lowest BCUT2D eigenvalue weighted by molar-refractivity contribution is 0.0606. The van der Waals surface area contributed by atoms with Crippen LogP contribution in [-0.2, 0) is 0 Å². The van der Waals surface area contributed by atoms with Crippen molar-refractivity contribution in [1.82, 2.24) is 15.2 Å². The van der Waals surface area contributed by atoms with E-state index in [0.29, 0.717) is 26.1 Å². The largest absolute Gasteiger partial charge is 0.507 e. The maximum atomic E-state index is 15.9. The number of nitriles is 1. The van der Waals surface area contributed by atoms with Crippen LogP contribution >= 0.6 is 0 Å². The van der Waals surface area contributed by atoms with Crippen LogP contribution in [0.4, 0.5) is 14.6 Å². The molecule has 3 aliphatic rings. The summed E-state index contributed by atoms with van der Waals surface area (Å²) in [6, 6.07) is 5.62. The van der Waals surface area contributed by atoms with Crippen LogP contribution in [0.15, 0.2) is 18.2 Å². The molecule has 4 heterocycles. The average Bonchev–Trinajstić information content (AvgIpc) is 3.03. The summed E-state index contributed by atoms with van der Waals surface area (Å²) in [6.07, 6.45) is 0.517. The second kappa shape index (κ2) is 8.09. The summed E-state index contributed by atoms with van der Waals surface area (Å²) < 4.78 is 36.6. The topological polar surface area (TPSA) is 102 Å². The van der Waals surface area contributed by atoms with Gasteiger partial charge in [-0.15, -0.1) is 0 Å². The zero-order valence-electron chi connectivity index (χ0n) is 18.9. The van der Waals surface area contributed by atoms with Gasteiger partial charge in [0.25, 0.3) is 5.91 Å². The fourth-order valence-corrected chi connectivity index (χ4v) is 5.17. The van der Waals surface area contributed by atoms with Gasteiger partial charge in [0.2, 0.25) is 0 Å². The Bertz CT molecular complexity index is 1190. The minimum absolute atomic E-state index is 0.0341. The van der Waals surface area contributed by atoms with Crippen molar-refractivity contribution in [3.63, 3.8) is 0 Å². The van der Waals surface area contributed by atoms with Crippen molar-refractivity contribution in [1.29, 1.82) is 5.26 Å². The van der Waals surface area contributed by atoms with Crippen molar-refractivity contribution in [2.45, 2.75) is 31.8 Å². The fourth-order valence-electron chi connectivity index (χ4n) is 5.17. The third kappa shape index (κ3) is 3.42. The van der Waals surface area contributed by atoms with Crippen LogP contribution in [0.3, 0.4) is 0 Å². The molecule has 0 radical (unpaired) electrons. The van der Waals surface area contributed by atoms with E-state index >= 15 is 4.39 Å². The molecule has 2 atom stereocenters. The lowest BCUT2D eigenvalue weighted by atomic mass is 9.97. The van der Waals surface area contributed by atoms with Gasteiger partial charge in [-0.1, -0.05) is 6.07 Å². The number of carbonyl (C=O) groups excluding carboxylic acids is 1. The number of aromatic nitrogens is 1. The van der Waals surface area contributed by atoms with E-state index in [2.05, 4.69) is 16.4 Å². The smallest absolute Gasteiger partial charge is 0.261 e. The van der Waals surface area contributed by atoms with Crippen molar-refractivity contribution in [2.24, 2.45) is 5.92 Å². The quantitative estimate of drug-likeness (QED) is 0.697. The standard InChI is InChI=1S/C24H25F2N5O3/c1-24(2)8-13(9-27)11-31(24)22-18-21(34-12-14-10-28-6-7-30(14)23(18)33)19(26)20(29-22)17-15(25)4-3-5-16(17)32/h3-5,13-14,28,32H,6-8,10-12H2,1-2H3. The third-order valence-electron chi connectivity index (χ3n) is 6.87. The zero-order chi connectivity index (χ0) is 24.2. The first-order valence-corrected chi connectivity index (χ1v) is 11.3. The predicted octanol–water partition coefficient (Wildman–Crippen LogP) is 2.67. The molecule has 0 saturated carbocycles. The highest BCUT2D eigenvalue weighted by Crippen LogP contribution is 2.45. The number of amides is 1. The van der Waals surface area contributed by atoms with Gasteiger partial charge in [0.1, 0.15) is 35.2 Å². The summed E-state index contributed by atoms with van der Waals surface area (Å²) in [4.78, 5) is 21.6. The Hall–Kier alpha value is -3.45. The molecule has 2 fully saturated rings. The lowest BCUT2D eigenvalue weighted by Crippen LogP contribution is -2.55. The van der Waals surface area contributed by atoms with E-state index in [-0.39, 0.29) is 42.2 Å². The molecule has 1 amide bonds. The first-order chi connectivity index (χ1) is 16.2. The van der Waals surface area contributed by atoms with Gasteiger partial charge in [-0.2, -0.15) is 5.26 Å². The molecular formula is C24H25F2N5O3. The number of hydrogen-bond donors (Lipinski definition) is 2. The number of rotatable bonds is 2. The Morgan fingerprint density at radius 1 is 1.32 bits per heavy atom. The molecule has 2 N–H and O–H groups in total. The molecule has 2 aromatic rings. The summed E-state index contributed by atoms with van der Waals surface area (Å²) in [5, 5.41) is 23.1. The van der Waals surface area contributed by atoms with Gasteiger partial charge >= 0.3 is 0 Å². The van der Waals surface area contributed by atoms with E-state index in [9.17, 15) is 19.6 Å². The van der Waals surface area contributed by atoms with Gasteiger partial charge < -0.3 is 25.0 Å². The van der Waals surface area contributed by atoms with Crippen LogP contribution in [0.25, 0.3) is 11.3 Å². The lowest BCUT2D eigenvalue weighted by Gasteiger charge is -2.36. The van der Waals surface area contributed by atoms with E-state index < -0.39 is 40.1 Å². The monoisotopic (exact) mass is 469 g/mol. The van der Waals surface area contributed by atoms with Gasteiger partial charge in [0.05, 0.1) is 23.6 Å². The molecule has 3 aliphatic heterocycles. The number of benzene rings is 1. The van der Waals surface area contributed by atoms with Crippen molar-refractivity contribution < 1.29 is 23.4 Å². The second-order valence-electron chi connectivity index (χ2n) is 9.56. The highest BCUT2D eigenvalue weighted by atomic mass is 19.1. The summed E-state index contributed by atoms with van der Waals surface area (Å²) >= 11 is 0. The Morgan fingerprint density at radius 3 is 2.82 bits per heavy atom. The molecular weight excluding hydrogens is 444 g/mol. The molecule has 5 rings (SSSR count). The Balaban J connectivity index is 1.78. The number of aromatic hydroxyl groups is 1. The summed E-state index contributed by atoms with van der Waals surface area (Å²) in [6.45, 7) is 5.67. The average molecular weight is 469 g/mol. The third-order valence-corrected chi connectivity index (χ3v) is 6.87. The second-order valence-corrected chi connectivity index (χ2v) is 9.56. The first kappa shape index (κ1) is 22.3. The Morgan fingerprint density at radius 2 is 2.12 bits per heavy atom. The van der Waals surface area contributed by atoms with Gasteiger partial charge in [-0.3, -0.25) is 4.79 Å².